The summed E-state index contributed by atoms with van der Waals surface area (Å²) in [6.07, 6.45) is 7.30. The quantitative estimate of drug-likeness (QED) is 0.718. The predicted molar refractivity (Wildman–Crippen MR) is 74.7 cm³/mol. The molecule has 0 aliphatic rings. The molecule has 0 spiro atoms. The molecule has 0 saturated carbocycles. The third kappa shape index (κ3) is 2.48. The third-order valence-electron chi connectivity index (χ3n) is 2.77. The van der Waals surface area contributed by atoms with E-state index in [0.29, 0.717) is 10.8 Å². The van der Waals surface area contributed by atoms with E-state index in [1.54, 1.807) is 23.3 Å². The number of aromatic nitrogens is 4. The van der Waals surface area contributed by atoms with E-state index in [-0.39, 0.29) is 0 Å². The summed E-state index contributed by atoms with van der Waals surface area (Å²) in [7, 11) is 1.88. The van der Waals surface area contributed by atoms with E-state index in [0.717, 1.165) is 16.7 Å². The molecule has 0 aliphatic carbocycles. The molecular formula is C14H11ClN4. The Kier molecular flexibility index (Phi) is 3.01. The van der Waals surface area contributed by atoms with Gasteiger partial charge in [-0.3, -0.25) is 4.68 Å². The Morgan fingerprint density at radius 1 is 1.00 bits per heavy atom. The highest BCUT2D eigenvalue weighted by atomic mass is 35.5. The second kappa shape index (κ2) is 4.82. The second-order valence-corrected chi connectivity index (χ2v) is 4.64. The van der Waals surface area contributed by atoms with Crippen molar-refractivity contribution in [3.05, 3.63) is 54.1 Å². The molecule has 2 heterocycles. The summed E-state index contributed by atoms with van der Waals surface area (Å²) < 4.78 is 1.75. The van der Waals surface area contributed by atoms with Gasteiger partial charge in [-0.1, -0.05) is 23.7 Å². The van der Waals surface area contributed by atoms with Crippen LogP contribution >= 0.6 is 11.6 Å². The van der Waals surface area contributed by atoms with Gasteiger partial charge >= 0.3 is 0 Å². The normalized spacial score (nSPS) is 10.6. The Morgan fingerprint density at radius 2 is 1.79 bits per heavy atom. The lowest BCUT2D eigenvalue weighted by Gasteiger charge is -2.01. The second-order valence-electron chi connectivity index (χ2n) is 4.21. The molecule has 0 N–H and O–H groups in total. The molecule has 94 valence electrons. The lowest BCUT2D eigenvalue weighted by atomic mass is 10.2. The molecule has 0 atom stereocenters. The van der Waals surface area contributed by atoms with Crippen molar-refractivity contribution in [2.75, 3.05) is 0 Å². The van der Waals surface area contributed by atoms with E-state index >= 15 is 0 Å². The first kappa shape index (κ1) is 11.9. The topological polar surface area (TPSA) is 43.6 Å². The van der Waals surface area contributed by atoms with Gasteiger partial charge < -0.3 is 0 Å². The van der Waals surface area contributed by atoms with E-state index in [1.165, 1.54) is 0 Å². The minimum atomic E-state index is 0.662. The van der Waals surface area contributed by atoms with Gasteiger partial charge in [-0.25, -0.2) is 9.97 Å². The van der Waals surface area contributed by atoms with Gasteiger partial charge in [0.2, 0.25) is 0 Å². The average molecular weight is 271 g/mol. The van der Waals surface area contributed by atoms with Gasteiger partial charge in [-0.15, -0.1) is 0 Å². The van der Waals surface area contributed by atoms with Crippen LogP contribution in [0.3, 0.4) is 0 Å². The number of rotatable bonds is 2. The van der Waals surface area contributed by atoms with Crippen LogP contribution < -0.4 is 0 Å². The maximum Gasteiger partial charge on any atom is 0.159 e. The van der Waals surface area contributed by atoms with E-state index in [9.17, 15) is 0 Å². The van der Waals surface area contributed by atoms with Crippen LogP contribution in [0.1, 0.15) is 0 Å². The minimum Gasteiger partial charge on any atom is -0.275 e. The minimum absolute atomic E-state index is 0.662. The molecule has 0 amide bonds. The van der Waals surface area contributed by atoms with Gasteiger partial charge in [-0.2, -0.15) is 5.10 Å². The molecule has 0 radical (unpaired) electrons. The molecule has 3 rings (SSSR count). The van der Waals surface area contributed by atoms with Crippen molar-refractivity contribution in [3.63, 3.8) is 0 Å². The van der Waals surface area contributed by atoms with Crippen molar-refractivity contribution in [1.29, 1.82) is 0 Å². The summed E-state index contributed by atoms with van der Waals surface area (Å²) in [6.45, 7) is 0. The maximum absolute atomic E-state index is 5.96. The Morgan fingerprint density at radius 3 is 2.42 bits per heavy atom. The number of nitrogens with zero attached hydrogens (tertiary/aromatic N) is 4. The Bertz CT molecular complexity index is 703. The van der Waals surface area contributed by atoms with E-state index in [1.807, 2.05) is 37.5 Å². The molecule has 4 nitrogen and oxygen atoms in total. The van der Waals surface area contributed by atoms with Crippen LogP contribution in [0.2, 0.25) is 5.02 Å². The summed E-state index contributed by atoms with van der Waals surface area (Å²) in [5.74, 6) is 0.662. The van der Waals surface area contributed by atoms with Gasteiger partial charge in [0.05, 0.1) is 6.20 Å². The fourth-order valence-corrected chi connectivity index (χ4v) is 2.01. The fraction of sp³-hybridized carbons (Fsp3) is 0.0714. The van der Waals surface area contributed by atoms with Crippen molar-refractivity contribution in [2.45, 2.75) is 0 Å². The number of benzene rings is 1. The number of halogens is 1. The van der Waals surface area contributed by atoms with E-state index in [4.69, 9.17) is 11.6 Å². The van der Waals surface area contributed by atoms with E-state index < -0.39 is 0 Å². The van der Waals surface area contributed by atoms with Crippen LogP contribution in [0.5, 0.6) is 0 Å². The maximum atomic E-state index is 5.96. The first-order valence-corrected chi connectivity index (χ1v) is 6.17. The molecule has 0 fully saturated rings. The van der Waals surface area contributed by atoms with Crippen LogP contribution in [0.15, 0.2) is 49.1 Å². The lowest BCUT2D eigenvalue weighted by Crippen LogP contribution is -1.89. The van der Waals surface area contributed by atoms with Gasteiger partial charge in [0.15, 0.2) is 5.82 Å². The first-order valence-electron chi connectivity index (χ1n) is 5.79. The SMILES string of the molecule is Cn1cc(-c2cnc(-c3cccc(Cl)c3)nc2)cn1. The molecule has 3 aromatic rings. The molecule has 0 bridgehead atoms. The highest BCUT2D eigenvalue weighted by Gasteiger charge is 2.04. The predicted octanol–water partition coefficient (Wildman–Crippen LogP) is 3.20. The highest BCUT2D eigenvalue weighted by Crippen LogP contribution is 2.21. The van der Waals surface area contributed by atoms with Crippen LogP contribution in [0, 0.1) is 0 Å². The van der Waals surface area contributed by atoms with Crippen LogP contribution in [0.25, 0.3) is 22.5 Å². The largest absolute Gasteiger partial charge is 0.275 e. The molecular weight excluding hydrogens is 260 g/mol. The van der Waals surface area contributed by atoms with Gasteiger partial charge in [0.1, 0.15) is 0 Å². The number of hydrogen-bond acceptors (Lipinski definition) is 3. The highest BCUT2D eigenvalue weighted by molar-refractivity contribution is 6.30. The standard InChI is InChI=1S/C14H11ClN4/c1-19-9-12(8-18-19)11-6-16-14(17-7-11)10-3-2-4-13(15)5-10/h2-9H,1H3. The third-order valence-corrected chi connectivity index (χ3v) is 3.01. The van der Waals surface area contributed by atoms with Crippen LogP contribution in [-0.2, 0) is 7.05 Å². The van der Waals surface area contributed by atoms with Crippen LogP contribution in [-0.4, -0.2) is 19.7 Å². The summed E-state index contributed by atoms with van der Waals surface area (Å²) >= 11 is 5.96. The molecule has 0 unspecified atom stereocenters. The van der Waals surface area contributed by atoms with Crippen molar-refractivity contribution in [2.24, 2.45) is 7.05 Å². The summed E-state index contributed by atoms with van der Waals surface area (Å²) in [4.78, 5) is 8.74. The van der Waals surface area contributed by atoms with Gasteiger partial charge in [0, 0.05) is 47.4 Å². The van der Waals surface area contributed by atoms with Crippen molar-refractivity contribution >= 4 is 11.6 Å². The average Bonchev–Trinajstić information content (AvgIpc) is 2.86. The molecule has 1 aromatic carbocycles. The molecule has 0 aliphatic heterocycles. The Balaban J connectivity index is 1.95. The smallest absolute Gasteiger partial charge is 0.159 e. The van der Waals surface area contributed by atoms with Crippen LogP contribution in [0.4, 0.5) is 0 Å². The Hall–Kier alpha value is -2.20. The fourth-order valence-electron chi connectivity index (χ4n) is 1.82. The zero-order chi connectivity index (χ0) is 13.2. The molecule has 0 saturated heterocycles. The van der Waals surface area contributed by atoms with E-state index in [2.05, 4.69) is 15.1 Å². The summed E-state index contributed by atoms with van der Waals surface area (Å²) in [6, 6.07) is 7.50. The van der Waals surface area contributed by atoms with Crippen molar-refractivity contribution < 1.29 is 0 Å². The number of hydrogen-bond donors (Lipinski definition) is 0. The lowest BCUT2D eigenvalue weighted by molar-refractivity contribution is 0.768. The van der Waals surface area contributed by atoms with Crippen molar-refractivity contribution in [3.8, 4) is 22.5 Å². The zero-order valence-corrected chi connectivity index (χ0v) is 11.0. The number of aryl methyl sites for hydroxylation is 1. The Labute approximate surface area is 115 Å². The zero-order valence-electron chi connectivity index (χ0n) is 10.3. The van der Waals surface area contributed by atoms with Gasteiger partial charge in [-0.05, 0) is 12.1 Å². The summed E-state index contributed by atoms with van der Waals surface area (Å²) in [5, 5.41) is 4.81. The summed E-state index contributed by atoms with van der Waals surface area (Å²) in [5.41, 5.74) is 2.85. The van der Waals surface area contributed by atoms with Gasteiger partial charge in [0.25, 0.3) is 0 Å². The molecule has 5 heteroatoms. The molecule has 2 aromatic heterocycles. The molecule has 19 heavy (non-hydrogen) atoms. The van der Waals surface area contributed by atoms with Crippen molar-refractivity contribution in [1.82, 2.24) is 19.7 Å². The monoisotopic (exact) mass is 270 g/mol. The first-order chi connectivity index (χ1) is 9.22.